The van der Waals surface area contributed by atoms with Crippen LogP contribution in [0.4, 0.5) is 13.2 Å². The predicted molar refractivity (Wildman–Crippen MR) is 80.6 cm³/mol. The third kappa shape index (κ3) is 3.86. The summed E-state index contributed by atoms with van der Waals surface area (Å²) in [6.45, 7) is 2.09. The number of alkyl halides is 3. The number of rotatable bonds is 5. The molecule has 114 valence electrons. The lowest BCUT2D eigenvalue weighted by atomic mass is 10.00. The lowest BCUT2D eigenvalue weighted by Crippen LogP contribution is -2.19. The van der Waals surface area contributed by atoms with E-state index in [-0.39, 0.29) is 6.04 Å². The Morgan fingerprint density at radius 1 is 1.24 bits per heavy atom. The second-order valence-electron chi connectivity index (χ2n) is 4.91. The van der Waals surface area contributed by atoms with Gasteiger partial charge in [0.2, 0.25) is 0 Å². The molecule has 0 radical (unpaired) electrons. The van der Waals surface area contributed by atoms with E-state index < -0.39 is 11.7 Å². The summed E-state index contributed by atoms with van der Waals surface area (Å²) in [7, 11) is 1.84. The summed E-state index contributed by atoms with van der Waals surface area (Å²) in [5.74, 6) is 0. The van der Waals surface area contributed by atoms with Crippen LogP contribution in [-0.4, -0.2) is 7.05 Å². The van der Waals surface area contributed by atoms with Crippen LogP contribution in [0.3, 0.4) is 0 Å². The third-order valence-electron chi connectivity index (χ3n) is 3.52. The van der Waals surface area contributed by atoms with E-state index in [0.29, 0.717) is 12.0 Å². The van der Waals surface area contributed by atoms with Crippen LogP contribution in [0.2, 0.25) is 0 Å². The second kappa shape index (κ2) is 6.62. The fraction of sp³-hybridized carbons (Fsp3) is 0.375. The van der Waals surface area contributed by atoms with Crippen LogP contribution in [-0.2, 0) is 19.0 Å². The largest absolute Gasteiger partial charge is 0.416 e. The number of likely N-dealkylation sites (N-methyl/N-ethyl adjacent to an activating group) is 1. The molecule has 2 rings (SSSR count). The summed E-state index contributed by atoms with van der Waals surface area (Å²) < 4.78 is 38.3. The maximum absolute atomic E-state index is 12.8. The normalized spacial score (nSPS) is 13.4. The van der Waals surface area contributed by atoms with Crippen molar-refractivity contribution in [1.29, 1.82) is 0 Å². The van der Waals surface area contributed by atoms with Gasteiger partial charge in [0.1, 0.15) is 0 Å². The number of thiophene rings is 1. The minimum atomic E-state index is -4.29. The molecular weight excluding hydrogens is 295 g/mol. The Hall–Kier alpha value is -1.33. The molecule has 1 N–H and O–H groups in total. The Balaban J connectivity index is 2.23. The van der Waals surface area contributed by atoms with Gasteiger partial charge < -0.3 is 5.32 Å². The molecular formula is C16H18F3NS. The standard InChI is InChI=1S/C16H18F3NS/c1-3-12-7-8-21-15(12)14(20-2)10-11-5-4-6-13(9-11)16(17,18)19/h4-9,14,20H,3,10H2,1-2H3. The molecule has 0 amide bonds. The molecule has 1 atom stereocenters. The molecule has 0 saturated carbocycles. The molecule has 21 heavy (non-hydrogen) atoms. The highest BCUT2D eigenvalue weighted by atomic mass is 32.1. The molecule has 5 heteroatoms. The van der Waals surface area contributed by atoms with Crippen molar-refractivity contribution in [3.8, 4) is 0 Å². The average molecular weight is 313 g/mol. The number of halogens is 3. The van der Waals surface area contributed by atoms with Crippen LogP contribution in [0.25, 0.3) is 0 Å². The van der Waals surface area contributed by atoms with Crippen LogP contribution < -0.4 is 5.32 Å². The van der Waals surface area contributed by atoms with Crippen LogP contribution in [0.5, 0.6) is 0 Å². The summed E-state index contributed by atoms with van der Waals surface area (Å²) in [4.78, 5) is 1.21. The molecule has 0 aliphatic carbocycles. The minimum absolute atomic E-state index is 0.0448. The number of hydrogen-bond acceptors (Lipinski definition) is 2. The van der Waals surface area contributed by atoms with Gasteiger partial charge in [-0.05, 0) is 48.5 Å². The molecule has 0 aliphatic rings. The summed E-state index contributed by atoms with van der Waals surface area (Å²) in [5.41, 5.74) is 1.36. The first-order valence-corrected chi connectivity index (χ1v) is 7.73. The maximum atomic E-state index is 12.8. The van der Waals surface area contributed by atoms with Crippen molar-refractivity contribution in [2.24, 2.45) is 0 Å². The van der Waals surface area contributed by atoms with Gasteiger partial charge >= 0.3 is 6.18 Å². The Bertz CT molecular complexity index is 589. The van der Waals surface area contributed by atoms with E-state index >= 15 is 0 Å². The molecule has 0 saturated heterocycles. The first-order valence-electron chi connectivity index (χ1n) is 6.85. The highest BCUT2D eigenvalue weighted by Gasteiger charge is 2.30. The van der Waals surface area contributed by atoms with Crippen molar-refractivity contribution in [1.82, 2.24) is 5.32 Å². The van der Waals surface area contributed by atoms with E-state index in [1.54, 1.807) is 17.4 Å². The van der Waals surface area contributed by atoms with E-state index in [1.807, 2.05) is 12.4 Å². The molecule has 1 nitrogen and oxygen atoms in total. The zero-order valence-corrected chi connectivity index (χ0v) is 12.8. The van der Waals surface area contributed by atoms with Gasteiger partial charge in [0.15, 0.2) is 0 Å². The fourth-order valence-corrected chi connectivity index (χ4v) is 3.49. The van der Waals surface area contributed by atoms with Gasteiger partial charge in [0, 0.05) is 10.9 Å². The Kier molecular flexibility index (Phi) is 5.06. The number of hydrogen-bond donors (Lipinski definition) is 1. The lowest BCUT2D eigenvalue weighted by Gasteiger charge is -2.17. The van der Waals surface area contributed by atoms with Crippen LogP contribution >= 0.6 is 11.3 Å². The first-order chi connectivity index (χ1) is 9.95. The second-order valence-corrected chi connectivity index (χ2v) is 5.85. The van der Waals surface area contributed by atoms with Gasteiger partial charge in [0.05, 0.1) is 5.56 Å². The Labute approximate surface area is 126 Å². The van der Waals surface area contributed by atoms with E-state index in [1.165, 1.54) is 22.6 Å². The molecule has 1 aromatic carbocycles. The molecule has 1 unspecified atom stereocenters. The van der Waals surface area contributed by atoms with Crippen molar-refractivity contribution in [2.75, 3.05) is 7.05 Å². The average Bonchev–Trinajstić information content (AvgIpc) is 2.92. The molecule has 1 aromatic heterocycles. The van der Waals surface area contributed by atoms with Crippen molar-refractivity contribution < 1.29 is 13.2 Å². The number of nitrogens with one attached hydrogen (secondary N) is 1. The van der Waals surface area contributed by atoms with E-state index in [4.69, 9.17) is 0 Å². The summed E-state index contributed by atoms with van der Waals surface area (Å²) in [6.07, 6.45) is -2.81. The van der Waals surface area contributed by atoms with Crippen molar-refractivity contribution in [3.63, 3.8) is 0 Å². The SMILES string of the molecule is CCc1ccsc1C(Cc1cccc(C(F)(F)F)c1)NC. The first kappa shape index (κ1) is 16.0. The molecule has 0 aliphatic heterocycles. The Morgan fingerprint density at radius 3 is 2.62 bits per heavy atom. The van der Waals surface area contributed by atoms with E-state index in [0.717, 1.165) is 12.5 Å². The van der Waals surface area contributed by atoms with E-state index in [2.05, 4.69) is 18.3 Å². The van der Waals surface area contributed by atoms with Gasteiger partial charge in [-0.2, -0.15) is 13.2 Å². The van der Waals surface area contributed by atoms with Gasteiger partial charge in [-0.15, -0.1) is 11.3 Å². The zero-order chi connectivity index (χ0) is 15.5. The summed E-state index contributed by atoms with van der Waals surface area (Å²) in [6, 6.07) is 7.70. The molecule has 0 spiro atoms. The predicted octanol–water partition coefficient (Wildman–Crippen LogP) is 4.83. The highest BCUT2D eigenvalue weighted by Crippen LogP contribution is 2.32. The number of benzene rings is 1. The molecule has 1 heterocycles. The van der Waals surface area contributed by atoms with Crippen molar-refractivity contribution in [3.05, 3.63) is 57.3 Å². The number of aryl methyl sites for hydroxylation is 1. The van der Waals surface area contributed by atoms with Crippen molar-refractivity contribution in [2.45, 2.75) is 32.0 Å². The summed E-state index contributed by atoms with van der Waals surface area (Å²) >= 11 is 1.65. The Morgan fingerprint density at radius 2 is 2.00 bits per heavy atom. The van der Waals surface area contributed by atoms with Crippen LogP contribution in [0, 0.1) is 0 Å². The summed E-state index contributed by atoms with van der Waals surface area (Å²) in [5, 5.41) is 5.25. The van der Waals surface area contributed by atoms with Gasteiger partial charge in [-0.25, -0.2) is 0 Å². The minimum Gasteiger partial charge on any atom is -0.312 e. The van der Waals surface area contributed by atoms with Crippen LogP contribution in [0.15, 0.2) is 35.7 Å². The monoisotopic (exact) mass is 313 g/mol. The lowest BCUT2D eigenvalue weighted by molar-refractivity contribution is -0.137. The molecule has 2 aromatic rings. The molecule has 0 bridgehead atoms. The van der Waals surface area contributed by atoms with Gasteiger partial charge in [-0.1, -0.05) is 25.1 Å². The zero-order valence-electron chi connectivity index (χ0n) is 12.0. The van der Waals surface area contributed by atoms with Crippen LogP contribution in [0.1, 0.15) is 34.5 Å². The third-order valence-corrected chi connectivity index (χ3v) is 4.59. The quantitative estimate of drug-likeness (QED) is 0.833. The van der Waals surface area contributed by atoms with Gasteiger partial charge in [0.25, 0.3) is 0 Å². The van der Waals surface area contributed by atoms with Gasteiger partial charge in [-0.3, -0.25) is 0 Å². The smallest absolute Gasteiger partial charge is 0.312 e. The molecule has 0 fully saturated rings. The fourth-order valence-electron chi connectivity index (χ4n) is 2.38. The highest BCUT2D eigenvalue weighted by molar-refractivity contribution is 7.10. The topological polar surface area (TPSA) is 12.0 Å². The van der Waals surface area contributed by atoms with E-state index in [9.17, 15) is 13.2 Å². The van der Waals surface area contributed by atoms with Crippen molar-refractivity contribution >= 4 is 11.3 Å². The maximum Gasteiger partial charge on any atom is 0.416 e.